The monoisotopic (exact) mass is 345 g/mol. The zero-order chi connectivity index (χ0) is 18.6. The van der Waals surface area contributed by atoms with Crippen molar-refractivity contribution >= 4 is 17.4 Å². The van der Waals surface area contributed by atoms with Crippen molar-refractivity contribution in [1.82, 2.24) is 0 Å². The van der Waals surface area contributed by atoms with Gasteiger partial charge in [0, 0.05) is 16.8 Å². The minimum Gasteiger partial charge on any atom is -0.326 e. The topological polar surface area (TPSA) is 46.2 Å². The van der Waals surface area contributed by atoms with E-state index < -0.39 is 0 Å². The van der Waals surface area contributed by atoms with Crippen molar-refractivity contribution < 1.29 is 9.59 Å². The second-order valence-corrected chi connectivity index (χ2v) is 8.19. The summed E-state index contributed by atoms with van der Waals surface area (Å²) in [5.74, 6) is 0.299. The van der Waals surface area contributed by atoms with Crippen LogP contribution in [0.15, 0.2) is 54.1 Å². The Morgan fingerprint density at radius 2 is 1.65 bits per heavy atom. The number of anilines is 1. The Labute approximate surface area is 154 Å². The fourth-order valence-electron chi connectivity index (χ4n) is 4.17. The molecule has 0 aliphatic heterocycles. The molecule has 2 aliphatic rings. The van der Waals surface area contributed by atoms with Gasteiger partial charge in [-0.3, -0.25) is 9.59 Å². The number of nitrogens with one attached hydrogen (secondary N) is 1. The summed E-state index contributed by atoms with van der Waals surface area (Å²) in [4.78, 5) is 25.4. The molecule has 3 heteroatoms. The SMILES string of the molecule is CC(C)=C[C@@H]1[C@H](C(=O)Nc2ccc3c(c2)C(=O)c2ccccc2-3)C1(C)C. The standard InChI is InChI=1S/C23H23NO2/c1-13(2)11-19-20(23(19,3)4)22(26)24-14-9-10-16-15-7-5-6-8-17(15)21(25)18(16)12-14/h5-12,19-20H,1-4H3,(H,24,26)/t19-,20-/m1/s1. The smallest absolute Gasteiger partial charge is 0.228 e. The largest absolute Gasteiger partial charge is 0.326 e. The van der Waals surface area contributed by atoms with E-state index >= 15 is 0 Å². The van der Waals surface area contributed by atoms with E-state index in [0.29, 0.717) is 11.3 Å². The highest BCUT2D eigenvalue weighted by Gasteiger charge is 2.60. The second kappa shape index (κ2) is 5.66. The van der Waals surface area contributed by atoms with Crippen LogP contribution in [-0.4, -0.2) is 11.7 Å². The molecule has 2 aliphatic carbocycles. The number of carbonyl (C=O) groups excluding carboxylic acids is 2. The van der Waals surface area contributed by atoms with Gasteiger partial charge in [0.1, 0.15) is 0 Å². The molecular weight excluding hydrogens is 322 g/mol. The maximum atomic E-state index is 12.8. The number of carbonyl (C=O) groups is 2. The van der Waals surface area contributed by atoms with Crippen molar-refractivity contribution in [2.75, 3.05) is 5.32 Å². The van der Waals surface area contributed by atoms with Gasteiger partial charge in [0.25, 0.3) is 0 Å². The van der Waals surface area contributed by atoms with Crippen LogP contribution in [0.3, 0.4) is 0 Å². The third-order valence-electron chi connectivity index (χ3n) is 5.70. The quantitative estimate of drug-likeness (QED) is 0.673. The highest BCUT2D eigenvalue weighted by Crippen LogP contribution is 2.59. The van der Waals surface area contributed by atoms with Crippen molar-refractivity contribution in [3.8, 4) is 11.1 Å². The van der Waals surface area contributed by atoms with Gasteiger partial charge >= 0.3 is 0 Å². The van der Waals surface area contributed by atoms with E-state index in [2.05, 4.69) is 39.1 Å². The Balaban J connectivity index is 1.57. The molecule has 0 bridgehead atoms. The van der Waals surface area contributed by atoms with Crippen LogP contribution in [0.5, 0.6) is 0 Å². The van der Waals surface area contributed by atoms with Gasteiger partial charge in [0.2, 0.25) is 5.91 Å². The van der Waals surface area contributed by atoms with Crippen molar-refractivity contribution in [2.24, 2.45) is 17.3 Å². The third kappa shape index (κ3) is 2.50. The zero-order valence-corrected chi connectivity index (χ0v) is 15.6. The van der Waals surface area contributed by atoms with Crippen LogP contribution in [0.1, 0.15) is 43.6 Å². The van der Waals surface area contributed by atoms with Gasteiger partial charge in [-0.05, 0) is 48.4 Å². The first-order valence-corrected chi connectivity index (χ1v) is 9.04. The number of ketones is 1. The number of rotatable bonds is 3. The molecule has 0 radical (unpaired) electrons. The lowest BCUT2D eigenvalue weighted by Gasteiger charge is -2.08. The molecule has 3 nitrogen and oxygen atoms in total. The average molecular weight is 345 g/mol. The van der Waals surface area contributed by atoms with Crippen molar-refractivity contribution in [2.45, 2.75) is 27.7 Å². The van der Waals surface area contributed by atoms with E-state index in [0.717, 1.165) is 16.7 Å². The molecule has 4 rings (SSSR count). The lowest BCUT2D eigenvalue weighted by Crippen LogP contribution is -2.17. The molecule has 1 N–H and O–H groups in total. The average Bonchev–Trinajstić information content (AvgIpc) is 3.00. The van der Waals surface area contributed by atoms with Crippen LogP contribution in [0.25, 0.3) is 11.1 Å². The molecule has 132 valence electrons. The molecule has 0 spiro atoms. The first-order valence-electron chi connectivity index (χ1n) is 9.04. The summed E-state index contributed by atoms with van der Waals surface area (Å²) in [6.45, 7) is 8.38. The molecule has 2 aromatic rings. The summed E-state index contributed by atoms with van der Waals surface area (Å²) in [5.41, 5.74) is 5.21. The van der Waals surface area contributed by atoms with Gasteiger partial charge in [-0.2, -0.15) is 0 Å². The Morgan fingerprint density at radius 1 is 1.00 bits per heavy atom. The summed E-state index contributed by atoms with van der Waals surface area (Å²) in [7, 11) is 0. The summed E-state index contributed by atoms with van der Waals surface area (Å²) in [6, 6.07) is 13.3. The first kappa shape index (κ1) is 16.8. The fourth-order valence-corrected chi connectivity index (χ4v) is 4.17. The lowest BCUT2D eigenvalue weighted by molar-refractivity contribution is -0.118. The Bertz CT molecular complexity index is 964. The van der Waals surface area contributed by atoms with Crippen molar-refractivity contribution in [3.63, 3.8) is 0 Å². The van der Waals surface area contributed by atoms with Gasteiger partial charge in [-0.25, -0.2) is 0 Å². The molecule has 0 saturated heterocycles. The highest BCUT2D eigenvalue weighted by atomic mass is 16.2. The summed E-state index contributed by atoms with van der Waals surface area (Å²) in [6.07, 6.45) is 2.19. The van der Waals surface area contributed by atoms with E-state index in [-0.39, 0.29) is 28.9 Å². The predicted molar refractivity (Wildman–Crippen MR) is 104 cm³/mol. The zero-order valence-electron chi connectivity index (χ0n) is 15.6. The molecule has 0 heterocycles. The van der Waals surface area contributed by atoms with Crippen molar-refractivity contribution in [1.29, 1.82) is 0 Å². The normalized spacial score (nSPS) is 21.6. The maximum absolute atomic E-state index is 12.8. The van der Waals surface area contributed by atoms with E-state index in [1.807, 2.05) is 36.4 Å². The summed E-state index contributed by atoms with van der Waals surface area (Å²) >= 11 is 0. The van der Waals surface area contributed by atoms with Gasteiger partial charge in [0.15, 0.2) is 5.78 Å². The number of benzene rings is 2. The first-order chi connectivity index (χ1) is 12.3. The van der Waals surface area contributed by atoms with Crippen LogP contribution in [0.2, 0.25) is 0 Å². The fraction of sp³-hybridized carbons (Fsp3) is 0.304. The number of hydrogen-bond donors (Lipinski definition) is 1. The molecule has 0 unspecified atom stereocenters. The maximum Gasteiger partial charge on any atom is 0.228 e. The third-order valence-corrected chi connectivity index (χ3v) is 5.70. The van der Waals surface area contributed by atoms with Gasteiger partial charge in [-0.1, -0.05) is 55.8 Å². The number of allylic oxidation sites excluding steroid dienone is 2. The lowest BCUT2D eigenvalue weighted by atomic mass is 10.1. The number of fused-ring (bicyclic) bond motifs is 3. The van der Waals surface area contributed by atoms with E-state index in [4.69, 9.17) is 0 Å². The van der Waals surface area contributed by atoms with Gasteiger partial charge in [0.05, 0.1) is 5.92 Å². The Morgan fingerprint density at radius 3 is 2.35 bits per heavy atom. The Hall–Kier alpha value is -2.68. The summed E-state index contributed by atoms with van der Waals surface area (Å²) in [5, 5.41) is 3.02. The van der Waals surface area contributed by atoms with Crippen LogP contribution < -0.4 is 5.32 Å². The predicted octanol–water partition coefficient (Wildman–Crippen LogP) is 5.07. The van der Waals surface area contributed by atoms with E-state index in [1.54, 1.807) is 6.07 Å². The van der Waals surface area contributed by atoms with E-state index in [9.17, 15) is 9.59 Å². The van der Waals surface area contributed by atoms with Crippen LogP contribution in [0, 0.1) is 17.3 Å². The van der Waals surface area contributed by atoms with Gasteiger partial charge in [-0.15, -0.1) is 0 Å². The van der Waals surface area contributed by atoms with Crippen LogP contribution in [0.4, 0.5) is 5.69 Å². The molecule has 0 aromatic heterocycles. The molecular formula is C23H23NO2. The Kier molecular flexibility index (Phi) is 3.65. The number of hydrogen-bond acceptors (Lipinski definition) is 2. The van der Waals surface area contributed by atoms with Crippen LogP contribution >= 0.6 is 0 Å². The minimum absolute atomic E-state index is 0.0237. The molecule has 1 amide bonds. The number of amides is 1. The van der Waals surface area contributed by atoms with Crippen LogP contribution in [-0.2, 0) is 4.79 Å². The molecule has 1 fully saturated rings. The molecule has 2 atom stereocenters. The van der Waals surface area contributed by atoms with Gasteiger partial charge < -0.3 is 5.32 Å². The second-order valence-electron chi connectivity index (χ2n) is 8.19. The minimum atomic E-state index is -0.0291. The molecule has 1 saturated carbocycles. The molecule has 2 aromatic carbocycles. The van der Waals surface area contributed by atoms with Crippen molar-refractivity contribution in [3.05, 3.63) is 65.2 Å². The highest BCUT2D eigenvalue weighted by molar-refractivity contribution is 6.22. The summed E-state index contributed by atoms with van der Waals surface area (Å²) < 4.78 is 0. The molecule has 26 heavy (non-hydrogen) atoms. The van der Waals surface area contributed by atoms with E-state index in [1.165, 1.54) is 5.57 Å².